The second-order valence-electron chi connectivity index (χ2n) is 6.63. The molecule has 0 saturated carbocycles. The number of amides is 1. The van der Waals surface area contributed by atoms with E-state index in [0.717, 1.165) is 16.1 Å². The van der Waals surface area contributed by atoms with Crippen molar-refractivity contribution < 1.29 is 22.7 Å². The van der Waals surface area contributed by atoms with Crippen LogP contribution in [0.1, 0.15) is 18.9 Å². The molecule has 158 valence electrons. The van der Waals surface area contributed by atoms with Gasteiger partial charge in [-0.1, -0.05) is 24.6 Å². The summed E-state index contributed by atoms with van der Waals surface area (Å²) in [4.78, 5) is 12.7. The Hall–Kier alpha value is -2.74. The lowest BCUT2D eigenvalue weighted by Crippen LogP contribution is -2.50. The van der Waals surface area contributed by atoms with E-state index in [-0.39, 0.29) is 19.1 Å². The van der Waals surface area contributed by atoms with Gasteiger partial charge in [0.2, 0.25) is 15.9 Å². The third-order valence-corrected chi connectivity index (χ3v) is 5.53. The molecule has 0 saturated heterocycles. The third kappa shape index (κ3) is 6.39. The lowest BCUT2D eigenvalue weighted by atomic mass is 10.2. The van der Waals surface area contributed by atoms with E-state index in [2.05, 4.69) is 5.32 Å². The quantitative estimate of drug-likeness (QED) is 0.598. The first-order valence-electron chi connectivity index (χ1n) is 9.37. The molecule has 0 fully saturated rings. The molecule has 2 aromatic rings. The van der Waals surface area contributed by atoms with E-state index in [4.69, 9.17) is 9.47 Å². The van der Waals surface area contributed by atoms with Gasteiger partial charge >= 0.3 is 0 Å². The van der Waals surface area contributed by atoms with Crippen LogP contribution in [0.3, 0.4) is 0 Å². The minimum absolute atomic E-state index is 0.267. The van der Waals surface area contributed by atoms with Gasteiger partial charge in [0.25, 0.3) is 0 Å². The highest BCUT2D eigenvalue weighted by Crippen LogP contribution is 2.25. The maximum absolute atomic E-state index is 12.7. The van der Waals surface area contributed by atoms with Gasteiger partial charge in [-0.25, -0.2) is 8.42 Å². The second kappa shape index (κ2) is 10.2. The second-order valence-corrected chi connectivity index (χ2v) is 8.49. The molecule has 0 aliphatic heterocycles. The summed E-state index contributed by atoms with van der Waals surface area (Å²) in [5.41, 5.74) is 1.54. The van der Waals surface area contributed by atoms with E-state index in [1.807, 2.05) is 31.2 Å². The molecule has 0 radical (unpaired) electrons. The summed E-state index contributed by atoms with van der Waals surface area (Å²) in [5, 5.41) is 2.77. The number of nitrogens with one attached hydrogen (secondary N) is 1. The average Bonchev–Trinajstić information content (AvgIpc) is 2.69. The van der Waals surface area contributed by atoms with Gasteiger partial charge in [-0.15, -0.1) is 0 Å². The van der Waals surface area contributed by atoms with Crippen molar-refractivity contribution in [1.29, 1.82) is 0 Å². The SMILES string of the molecule is CCC(C(=O)NCCOc1ccc(C)cc1)N(c1ccc(OC)cc1)S(C)(=O)=O. The molecule has 0 aliphatic rings. The first-order valence-corrected chi connectivity index (χ1v) is 11.2. The molecule has 1 N–H and O–H groups in total. The Morgan fingerprint density at radius 2 is 1.66 bits per heavy atom. The van der Waals surface area contributed by atoms with Gasteiger partial charge in [0.1, 0.15) is 24.1 Å². The van der Waals surface area contributed by atoms with Crippen molar-refractivity contribution >= 4 is 21.6 Å². The molecule has 1 atom stereocenters. The van der Waals surface area contributed by atoms with Gasteiger partial charge in [0.05, 0.1) is 25.6 Å². The maximum atomic E-state index is 12.7. The molecular weight excluding hydrogens is 392 g/mol. The standard InChI is InChI=1S/C21H28N2O5S/c1-5-20(21(24)22-14-15-28-19-10-6-16(2)7-11-19)23(29(4,25)26)17-8-12-18(27-3)13-9-17/h6-13,20H,5,14-15H2,1-4H3,(H,22,24). The fourth-order valence-electron chi connectivity index (χ4n) is 2.88. The van der Waals surface area contributed by atoms with Crippen LogP contribution in [0.15, 0.2) is 48.5 Å². The van der Waals surface area contributed by atoms with Crippen molar-refractivity contribution in [3.8, 4) is 11.5 Å². The highest BCUT2D eigenvalue weighted by molar-refractivity contribution is 7.92. The number of ether oxygens (including phenoxy) is 2. The van der Waals surface area contributed by atoms with Gasteiger partial charge in [0, 0.05) is 0 Å². The number of nitrogens with zero attached hydrogens (tertiary/aromatic N) is 1. The molecule has 7 nitrogen and oxygen atoms in total. The molecule has 2 aromatic carbocycles. The number of rotatable bonds is 10. The van der Waals surface area contributed by atoms with E-state index >= 15 is 0 Å². The number of aryl methyl sites for hydroxylation is 1. The molecule has 0 spiro atoms. The Labute approximate surface area is 172 Å². The molecular formula is C21H28N2O5S. The summed E-state index contributed by atoms with van der Waals surface area (Å²) < 4.78 is 36.7. The van der Waals surface area contributed by atoms with E-state index < -0.39 is 16.1 Å². The summed E-state index contributed by atoms with van der Waals surface area (Å²) in [6.45, 7) is 4.32. The van der Waals surface area contributed by atoms with E-state index in [9.17, 15) is 13.2 Å². The van der Waals surface area contributed by atoms with Crippen LogP contribution in [-0.2, 0) is 14.8 Å². The van der Waals surface area contributed by atoms with Crippen molar-refractivity contribution in [2.45, 2.75) is 26.3 Å². The van der Waals surface area contributed by atoms with Crippen molar-refractivity contribution in [2.24, 2.45) is 0 Å². The number of carbonyl (C=O) groups is 1. The van der Waals surface area contributed by atoms with Gasteiger partial charge in [-0.3, -0.25) is 9.10 Å². The van der Waals surface area contributed by atoms with Crippen LogP contribution in [0.2, 0.25) is 0 Å². The van der Waals surface area contributed by atoms with Crippen LogP contribution in [0.4, 0.5) is 5.69 Å². The van der Waals surface area contributed by atoms with Crippen LogP contribution >= 0.6 is 0 Å². The largest absolute Gasteiger partial charge is 0.497 e. The van der Waals surface area contributed by atoms with Crippen LogP contribution in [0.5, 0.6) is 11.5 Å². The smallest absolute Gasteiger partial charge is 0.244 e. The van der Waals surface area contributed by atoms with Crippen molar-refractivity contribution in [3.05, 3.63) is 54.1 Å². The van der Waals surface area contributed by atoms with Gasteiger partial charge in [-0.05, 0) is 49.7 Å². The van der Waals surface area contributed by atoms with Crippen molar-refractivity contribution in [3.63, 3.8) is 0 Å². The highest BCUT2D eigenvalue weighted by Gasteiger charge is 2.31. The lowest BCUT2D eigenvalue weighted by Gasteiger charge is -2.30. The minimum atomic E-state index is -3.67. The predicted molar refractivity (Wildman–Crippen MR) is 114 cm³/mol. The van der Waals surface area contributed by atoms with E-state index in [0.29, 0.717) is 23.6 Å². The fourth-order valence-corrected chi connectivity index (χ4v) is 4.10. The van der Waals surface area contributed by atoms with Crippen LogP contribution in [0, 0.1) is 6.92 Å². The normalized spacial score (nSPS) is 12.1. The van der Waals surface area contributed by atoms with Gasteiger partial charge < -0.3 is 14.8 Å². The van der Waals surface area contributed by atoms with Crippen LogP contribution in [0.25, 0.3) is 0 Å². The molecule has 29 heavy (non-hydrogen) atoms. The molecule has 0 aliphatic carbocycles. The van der Waals surface area contributed by atoms with Gasteiger partial charge in [-0.2, -0.15) is 0 Å². The Balaban J connectivity index is 2.04. The number of anilines is 1. The number of carbonyl (C=O) groups excluding carboxylic acids is 1. The maximum Gasteiger partial charge on any atom is 0.244 e. The van der Waals surface area contributed by atoms with E-state index in [1.54, 1.807) is 31.2 Å². The Morgan fingerprint density at radius 3 is 2.17 bits per heavy atom. The zero-order chi connectivity index (χ0) is 21.4. The third-order valence-electron chi connectivity index (χ3n) is 4.35. The summed E-state index contributed by atoms with van der Waals surface area (Å²) in [5.74, 6) is 0.946. The predicted octanol–water partition coefficient (Wildman–Crippen LogP) is 2.74. The number of benzene rings is 2. The molecule has 1 amide bonds. The summed E-state index contributed by atoms with van der Waals surface area (Å²) in [6.07, 6.45) is 1.41. The summed E-state index contributed by atoms with van der Waals surface area (Å²) in [6, 6.07) is 13.3. The first kappa shape index (κ1) is 22.5. The molecule has 2 rings (SSSR count). The lowest BCUT2D eigenvalue weighted by molar-refractivity contribution is -0.122. The molecule has 0 bridgehead atoms. The van der Waals surface area contributed by atoms with Crippen LogP contribution < -0.4 is 19.1 Å². The number of hydrogen-bond acceptors (Lipinski definition) is 5. The van der Waals surface area contributed by atoms with Gasteiger partial charge in [0.15, 0.2) is 0 Å². The number of sulfonamides is 1. The molecule has 0 heterocycles. The molecule has 8 heteroatoms. The molecule has 0 aromatic heterocycles. The number of hydrogen-bond donors (Lipinski definition) is 1. The first-order chi connectivity index (χ1) is 13.8. The van der Waals surface area contributed by atoms with E-state index in [1.165, 1.54) is 7.11 Å². The van der Waals surface area contributed by atoms with Crippen molar-refractivity contribution in [2.75, 3.05) is 30.8 Å². The van der Waals surface area contributed by atoms with Crippen molar-refractivity contribution in [1.82, 2.24) is 5.32 Å². The summed E-state index contributed by atoms with van der Waals surface area (Å²) >= 11 is 0. The Bertz CT molecular complexity index is 896. The minimum Gasteiger partial charge on any atom is -0.497 e. The highest BCUT2D eigenvalue weighted by atomic mass is 32.2. The Kier molecular flexibility index (Phi) is 7.90. The fraction of sp³-hybridized carbons (Fsp3) is 0.381. The molecule has 1 unspecified atom stereocenters. The van der Waals surface area contributed by atoms with Crippen LogP contribution in [-0.4, -0.2) is 46.9 Å². The Morgan fingerprint density at radius 1 is 1.07 bits per heavy atom. The summed E-state index contributed by atoms with van der Waals surface area (Å²) in [7, 11) is -2.14. The zero-order valence-corrected chi connectivity index (χ0v) is 18.0. The zero-order valence-electron chi connectivity index (χ0n) is 17.2. The number of methoxy groups -OCH3 is 1. The topological polar surface area (TPSA) is 84.9 Å². The monoisotopic (exact) mass is 420 g/mol. The average molecular weight is 421 g/mol.